The van der Waals surface area contributed by atoms with E-state index in [1.807, 2.05) is 0 Å². The van der Waals surface area contributed by atoms with Crippen molar-refractivity contribution < 1.29 is 4.12 Å². The van der Waals surface area contributed by atoms with Crippen molar-refractivity contribution in [1.29, 1.82) is 0 Å². The van der Waals surface area contributed by atoms with Gasteiger partial charge in [0, 0.05) is 0 Å². The van der Waals surface area contributed by atoms with Gasteiger partial charge in [-0.1, -0.05) is 41.5 Å². The minimum absolute atomic E-state index is 0.666. The van der Waals surface area contributed by atoms with Gasteiger partial charge in [0.2, 0.25) is 9.07 Å². The Morgan fingerprint density at radius 1 is 0.923 bits per heavy atom. The lowest BCUT2D eigenvalue weighted by Crippen LogP contribution is -2.48. The van der Waals surface area contributed by atoms with E-state index in [0.717, 1.165) is 0 Å². The molecule has 0 aliphatic heterocycles. The van der Waals surface area contributed by atoms with Gasteiger partial charge in [-0.15, -0.1) is 11.1 Å². The van der Waals surface area contributed by atoms with E-state index in [1.165, 1.54) is 0 Å². The molecule has 80 valence electrons. The van der Waals surface area contributed by atoms with Crippen molar-refractivity contribution in [3.8, 4) is 0 Å². The van der Waals surface area contributed by atoms with Crippen LogP contribution in [0.4, 0.5) is 0 Å². The highest BCUT2D eigenvalue weighted by Crippen LogP contribution is 2.41. The summed E-state index contributed by atoms with van der Waals surface area (Å²) in [4.78, 5) is 0. The molecule has 0 bridgehead atoms. The third-order valence-corrected chi connectivity index (χ3v) is 11.8. The predicted octanol–water partition coefficient (Wildman–Crippen LogP) is 3.42. The Balaban J connectivity index is 4.82. The number of rotatable bonds is 5. The first-order valence-corrected chi connectivity index (χ1v) is 9.95. The zero-order chi connectivity index (χ0) is 10.6. The van der Waals surface area contributed by atoms with Gasteiger partial charge >= 0.3 is 0 Å². The largest absolute Gasteiger partial charge is 0.448 e. The van der Waals surface area contributed by atoms with Gasteiger partial charge in [0.05, 0.1) is 0 Å². The van der Waals surface area contributed by atoms with Crippen molar-refractivity contribution in [3.63, 3.8) is 0 Å². The van der Waals surface area contributed by atoms with Crippen LogP contribution in [0.25, 0.3) is 0 Å². The summed E-state index contributed by atoms with van der Waals surface area (Å²) in [7, 11) is -2.38. The van der Waals surface area contributed by atoms with Crippen molar-refractivity contribution in [1.82, 2.24) is 0 Å². The first-order valence-electron chi connectivity index (χ1n) is 5.09. The second-order valence-corrected chi connectivity index (χ2v) is 11.8. The van der Waals surface area contributed by atoms with Crippen molar-refractivity contribution >= 4 is 28.5 Å². The van der Waals surface area contributed by atoms with Crippen LogP contribution in [-0.4, -0.2) is 17.4 Å². The van der Waals surface area contributed by atoms with Crippen molar-refractivity contribution in [2.45, 2.75) is 58.2 Å². The Morgan fingerprint density at radius 2 is 1.23 bits per heavy atom. The minimum Gasteiger partial charge on any atom is -0.448 e. The molecule has 0 heterocycles. The number of halogens is 1. The lowest BCUT2D eigenvalue weighted by molar-refractivity contribution is 0.515. The molecule has 0 radical (unpaired) electrons. The normalized spacial score (nSPS) is 14.3. The van der Waals surface area contributed by atoms with Gasteiger partial charge in [-0.2, -0.15) is 0 Å². The molecule has 0 aromatic carbocycles. The lowest BCUT2D eigenvalue weighted by Gasteiger charge is -2.42. The summed E-state index contributed by atoms with van der Waals surface area (Å²) in [6, 6.07) is 0. The molecule has 0 N–H and O–H groups in total. The molecule has 0 spiro atoms. The Morgan fingerprint density at radius 3 is 1.31 bits per heavy atom. The van der Waals surface area contributed by atoms with Crippen LogP contribution in [0, 0.1) is 0 Å². The molecule has 0 aromatic rings. The molecule has 0 unspecified atom stereocenters. The predicted molar refractivity (Wildman–Crippen MR) is 66.5 cm³/mol. The second-order valence-electron chi connectivity index (χ2n) is 4.57. The summed E-state index contributed by atoms with van der Waals surface area (Å²) in [6.07, 6.45) is 0. The molecule has 0 fully saturated rings. The van der Waals surface area contributed by atoms with Crippen molar-refractivity contribution in [2.24, 2.45) is 0 Å². The average Bonchev–Trinajstić information content (AvgIpc) is 1.97. The van der Waals surface area contributed by atoms with E-state index in [9.17, 15) is 0 Å². The quantitative estimate of drug-likeness (QED) is 0.527. The fourth-order valence-corrected chi connectivity index (χ4v) is 13.1. The average molecular weight is 239 g/mol. The van der Waals surface area contributed by atoms with Crippen molar-refractivity contribution in [3.05, 3.63) is 0 Å². The van der Waals surface area contributed by atoms with Crippen LogP contribution in [-0.2, 0) is 4.12 Å². The minimum atomic E-state index is -1.60. The summed E-state index contributed by atoms with van der Waals surface area (Å²) in [5.41, 5.74) is 2.00. The molecule has 0 atom stereocenters. The van der Waals surface area contributed by atoms with E-state index < -0.39 is 17.4 Å². The summed E-state index contributed by atoms with van der Waals surface area (Å²) >= 11 is 5.87. The number of hydrogen-bond donors (Lipinski definition) is 0. The zero-order valence-electron chi connectivity index (χ0n) is 9.73. The summed E-state index contributed by atoms with van der Waals surface area (Å²) in [5.74, 6) is 0. The molecule has 0 rings (SSSR count). The lowest BCUT2D eigenvalue weighted by atomic mass is 10.5. The maximum absolute atomic E-state index is 6.06. The smallest absolute Gasteiger partial charge is 0.248 e. The van der Waals surface area contributed by atoms with Crippen LogP contribution < -0.4 is 0 Å². The Bertz CT molecular complexity index is 127. The van der Waals surface area contributed by atoms with Crippen LogP contribution in [0.2, 0.25) is 16.6 Å². The van der Waals surface area contributed by atoms with Crippen LogP contribution in [0.15, 0.2) is 0 Å². The van der Waals surface area contributed by atoms with E-state index in [-0.39, 0.29) is 0 Å². The first-order chi connectivity index (χ1) is 5.89. The molecule has 13 heavy (non-hydrogen) atoms. The molecular formula is C9H23ClOSi2. The highest BCUT2D eigenvalue weighted by atomic mass is 35.6. The van der Waals surface area contributed by atoms with Gasteiger partial charge in [0.15, 0.2) is 8.32 Å². The highest BCUT2D eigenvalue weighted by molar-refractivity contribution is 6.96. The molecule has 0 amide bonds. The Kier molecular flexibility index (Phi) is 5.83. The van der Waals surface area contributed by atoms with Gasteiger partial charge < -0.3 is 4.12 Å². The fraction of sp³-hybridized carbons (Fsp3) is 1.00. The van der Waals surface area contributed by atoms with Crippen molar-refractivity contribution in [2.75, 3.05) is 0 Å². The molecule has 0 saturated carbocycles. The van der Waals surface area contributed by atoms with Gasteiger partial charge in [-0.05, 0) is 16.6 Å². The second kappa shape index (κ2) is 5.54. The molecule has 4 heteroatoms. The van der Waals surface area contributed by atoms with Gasteiger partial charge in [-0.25, -0.2) is 0 Å². The molecule has 0 aliphatic carbocycles. The van der Waals surface area contributed by atoms with Crippen LogP contribution in [0.1, 0.15) is 41.5 Å². The third-order valence-electron chi connectivity index (χ3n) is 3.01. The Hall–Kier alpha value is 0.684. The van der Waals surface area contributed by atoms with E-state index in [0.29, 0.717) is 16.6 Å². The molecule has 0 saturated heterocycles. The van der Waals surface area contributed by atoms with Crippen LogP contribution >= 0.6 is 11.1 Å². The summed E-state index contributed by atoms with van der Waals surface area (Å²) < 4.78 is 6.06. The van der Waals surface area contributed by atoms with E-state index in [2.05, 4.69) is 41.5 Å². The monoisotopic (exact) mass is 238 g/mol. The molecule has 0 aliphatic rings. The molecule has 0 aromatic heterocycles. The summed E-state index contributed by atoms with van der Waals surface area (Å²) in [6.45, 7) is 13.7. The van der Waals surface area contributed by atoms with Gasteiger partial charge in [0.1, 0.15) is 0 Å². The van der Waals surface area contributed by atoms with E-state index in [1.54, 1.807) is 0 Å². The Labute approximate surface area is 91.0 Å². The van der Waals surface area contributed by atoms with Crippen LogP contribution in [0.5, 0.6) is 0 Å². The molecular weight excluding hydrogens is 216 g/mol. The number of hydrogen-bond acceptors (Lipinski definition) is 1. The maximum Gasteiger partial charge on any atom is 0.248 e. The standard InChI is InChI=1S/C9H23ClOSi2/c1-7(2)13(8(3)4,9(5)6)11-12-10/h7-9H,12H2,1-6H3. The zero-order valence-corrected chi connectivity index (χ0v) is 12.9. The van der Waals surface area contributed by atoms with E-state index >= 15 is 0 Å². The van der Waals surface area contributed by atoms with Crippen LogP contribution in [0.3, 0.4) is 0 Å². The van der Waals surface area contributed by atoms with E-state index in [4.69, 9.17) is 15.2 Å². The third kappa shape index (κ3) is 2.81. The first kappa shape index (κ1) is 13.7. The SMILES string of the molecule is CC(C)[Si](O[SiH2]Cl)(C(C)C)C(C)C. The highest BCUT2D eigenvalue weighted by Gasteiger charge is 2.44. The topological polar surface area (TPSA) is 9.23 Å². The fourth-order valence-electron chi connectivity index (χ4n) is 2.59. The van der Waals surface area contributed by atoms with Gasteiger partial charge in [0.25, 0.3) is 0 Å². The molecule has 1 nitrogen and oxygen atoms in total. The summed E-state index contributed by atoms with van der Waals surface area (Å²) in [5, 5.41) is 0. The maximum atomic E-state index is 6.06. The van der Waals surface area contributed by atoms with Gasteiger partial charge in [-0.3, -0.25) is 0 Å².